The van der Waals surface area contributed by atoms with E-state index in [0.29, 0.717) is 0 Å². The number of carbonyl (C=O) groups excluding carboxylic acids is 1. The van der Waals surface area contributed by atoms with E-state index in [9.17, 15) is 23.3 Å². The number of hydrogen-bond acceptors (Lipinski definition) is 5. The first-order valence-corrected chi connectivity index (χ1v) is 11.4. The van der Waals surface area contributed by atoms with Gasteiger partial charge in [-0.1, -0.05) is 17.7 Å². The van der Waals surface area contributed by atoms with E-state index in [0.717, 1.165) is 23.1 Å². The summed E-state index contributed by atoms with van der Waals surface area (Å²) >= 11 is 6.20. The molecule has 0 unspecified atom stereocenters. The summed E-state index contributed by atoms with van der Waals surface area (Å²) in [5.41, 5.74) is 2.73. The van der Waals surface area contributed by atoms with Gasteiger partial charge in [-0.3, -0.25) is 14.9 Å². The van der Waals surface area contributed by atoms with Gasteiger partial charge in [-0.15, -0.1) is 0 Å². The number of nitro groups is 1. The van der Waals surface area contributed by atoms with Gasteiger partial charge in [0.1, 0.15) is 0 Å². The number of halogens is 1. The lowest BCUT2D eigenvalue weighted by atomic mass is 10.1. The molecule has 0 radical (unpaired) electrons. The van der Waals surface area contributed by atoms with Crippen molar-refractivity contribution in [3.63, 3.8) is 0 Å². The maximum absolute atomic E-state index is 12.6. The molecule has 2 aromatic carbocycles. The van der Waals surface area contributed by atoms with Crippen LogP contribution in [0.1, 0.15) is 21.7 Å². The van der Waals surface area contributed by atoms with Crippen LogP contribution in [0.2, 0.25) is 5.02 Å². The van der Waals surface area contributed by atoms with E-state index in [-0.39, 0.29) is 34.3 Å². The standard InChI is InChI=1S/C21H21ClN4O5S/c1-14-6-7-15(2)25(14)16-8-9-20(22)19(13-16)21(27)23-10-11-24-32(30,31)18-5-3-4-17(12-18)26(28)29/h3-9,12-13,24H,10-11H2,1-2H3,(H,23,27). The zero-order valence-corrected chi connectivity index (χ0v) is 18.9. The first-order valence-electron chi connectivity index (χ1n) is 9.57. The maximum Gasteiger partial charge on any atom is 0.270 e. The number of amides is 1. The van der Waals surface area contributed by atoms with E-state index in [4.69, 9.17) is 11.6 Å². The van der Waals surface area contributed by atoms with Gasteiger partial charge in [0.05, 0.1) is 20.4 Å². The summed E-state index contributed by atoms with van der Waals surface area (Å²) in [7, 11) is -3.97. The van der Waals surface area contributed by atoms with E-state index in [1.807, 2.05) is 36.6 Å². The molecule has 0 atom stereocenters. The van der Waals surface area contributed by atoms with E-state index >= 15 is 0 Å². The molecule has 11 heteroatoms. The van der Waals surface area contributed by atoms with Crippen molar-refractivity contribution in [2.45, 2.75) is 18.7 Å². The van der Waals surface area contributed by atoms with Crippen molar-refractivity contribution in [2.75, 3.05) is 13.1 Å². The maximum atomic E-state index is 12.6. The Labute approximate surface area is 190 Å². The molecule has 0 saturated carbocycles. The number of non-ortho nitro benzene ring substituents is 1. The SMILES string of the molecule is Cc1ccc(C)n1-c1ccc(Cl)c(C(=O)NCCNS(=O)(=O)c2cccc([N+](=O)[O-])c2)c1. The molecule has 32 heavy (non-hydrogen) atoms. The Kier molecular flexibility index (Phi) is 6.97. The van der Waals surface area contributed by atoms with Crippen molar-refractivity contribution in [3.8, 4) is 5.69 Å². The molecule has 168 valence electrons. The van der Waals surface area contributed by atoms with Gasteiger partial charge >= 0.3 is 0 Å². The number of nitrogens with one attached hydrogen (secondary N) is 2. The predicted octanol–water partition coefficient (Wildman–Crippen LogP) is 3.36. The summed E-state index contributed by atoms with van der Waals surface area (Å²) in [5.74, 6) is -0.450. The van der Waals surface area contributed by atoms with Crippen LogP contribution in [-0.4, -0.2) is 36.9 Å². The molecule has 1 heterocycles. The minimum absolute atomic E-state index is 0.00484. The summed E-state index contributed by atoms with van der Waals surface area (Å²) in [6.07, 6.45) is 0. The zero-order valence-electron chi connectivity index (χ0n) is 17.3. The second-order valence-electron chi connectivity index (χ2n) is 7.02. The average molecular weight is 477 g/mol. The fourth-order valence-corrected chi connectivity index (χ4v) is 4.48. The third-order valence-corrected chi connectivity index (χ3v) is 6.55. The largest absolute Gasteiger partial charge is 0.351 e. The summed E-state index contributed by atoms with van der Waals surface area (Å²) in [5, 5.41) is 13.7. The number of aryl methyl sites for hydroxylation is 2. The molecule has 0 aliphatic heterocycles. The molecule has 0 bridgehead atoms. The number of carbonyl (C=O) groups is 1. The Morgan fingerprint density at radius 3 is 2.41 bits per heavy atom. The molecular formula is C21H21ClN4O5S. The quantitative estimate of drug-likeness (QED) is 0.293. The number of rotatable bonds is 8. The van der Waals surface area contributed by atoms with Crippen molar-refractivity contribution in [3.05, 3.63) is 86.7 Å². The summed E-state index contributed by atoms with van der Waals surface area (Å²) in [4.78, 5) is 22.6. The normalized spacial score (nSPS) is 11.3. The number of sulfonamides is 1. The highest BCUT2D eigenvalue weighted by molar-refractivity contribution is 7.89. The second-order valence-corrected chi connectivity index (χ2v) is 9.20. The lowest BCUT2D eigenvalue weighted by molar-refractivity contribution is -0.385. The molecule has 0 saturated heterocycles. The molecule has 3 rings (SSSR count). The van der Waals surface area contributed by atoms with Crippen LogP contribution in [-0.2, 0) is 10.0 Å². The third-order valence-electron chi connectivity index (χ3n) is 4.77. The molecule has 1 aromatic heterocycles. The van der Waals surface area contributed by atoms with Crippen LogP contribution in [0.15, 0.2) is 59.5 Å². The van der Waals surface area contributed by atoms with Crippen LogP contribution in [0, 0.1) is 24.0 Å². The first-order chi connectivity index (χ1) is 15.1. The monoisotopic (exact) mass is 476 g/mol. The summed E-state index contributed by atoms with van der Waals surface area (Å²) < 4.78 is 29.0. The molecule has 1 amide bonds. The summed E-state index contributed by atoms with van der Waals surface area (Å²) in [6, 6.07) is 13.8. The van der Waals surface area contributed by atoms with E-state index in [1.54, 1.807) is 12.1 Å². The van der Waals surface area contributed by atoms with Gasteiger partial charge in [-0.2, -0.15) is 0 Å². The minimum atomic E-state index is -3.97. The minimum Gasteiger partial charge on any atom is -0.351 e. The molecule has 0 spiro atoms. The van der Waals surface area contributed by atoms with Gasteiger partial charge in [0.15, 0.2) is 0 Å². The Morgan fingerprint density at radius 2 is 1.75 bits per heavy atom. The molecule has 0 fully saturated rings. The lowest BCUT2D eigenvalue weighted by Gasteiger charge is -2.13. The van der Waals surface area contributed by atoms with Gasteiger partial charge < -0.3 is 9.88 Å². The highest BCUT2D eigenvalue weighted by Crippen LogP contribution is 2.23. The van der Waals surface area contributed by atoms with Crippen molar-refractivity contribution in [1.82, 2.24) is 14.6 Å². The second kappa shape index (κ2) is 9.51. The van der Waals surface area contributed by atoms with Crippen LogP contribution in [0.4, 0.5) is 5.69 Å². The topological polar surface area (TPSA) is 123 Å². The fraction of sp³-hybridized carbons (Fsp3) is 0.190. The molecule has 3 aromatic rings. The van der Waals surface area contributed by atoms with Crippen LogP contribution < -0.4 is 10.0 Å². The van der Waals surface area contributed by atoms with Crippen LogP contribution in [0.25, 0.3) is 5.69 Å². The number of aromatic nitrogens is 1. The van der Waals surface area contributed by atoms with E-state index < -0.39 is 20.9 Å². The van der Waals surface area contributed by atoms with Gasteiger partial charge in [-0.05, 0) is 50.2 Å². The number of hydrogen-bond donors (Lipinski definition) is 2. The summed E-state index contributed by atoms with van der Waals surface area (Å²) in [6.45, 7) is 3.79. The van der Waals surface area contributed by atoms with E-state index in [2.05, 4.69) is 10.0 Å². The Bertz CT molecular complexity index is 1270. The molecular weight excluding hydrogens is 456 g/mol. The highest BCUT2D eigenvalue weighted by Gasteiger charge is 2.18. The smallest absolute Gasteiger partial charge is 0.270 e. The molecule has 2 N–H and O–H groups in total. The lowest BCUT2D eigenvalue weighted by Crippen LogP contribution is -2.34. The van der Waals surface area contributed by atoms with Gasteiger partial charge in [0.25, 0.3) is 11.6 Å². The van der Waals surface area contributed by atoms with Crippen molar-refractivity contribution in [2.24, 2.45) is 0 Å². The number of nitro benzene ring substituents is 1. The van der Waals surface area contributed by atoms with Crippen molar-refractivity contribution >= 4 is 33.2 Å². The highest BCUT2D eigenvalue weighted by atomic mass is 35.5. The average Bonchev–Trinajstić information content (AvgIpc) is 3.09. The van der Waals surface area contributed by atoms with Crippen LogP contribution in [0.5, 0.6) is 0 Å². The zero-order chi connectivity index (χ0) is 23.5. The van der Waals surface area contributed by atoms with Crippen LogP contribution in [0.3, 0.4) is 0 Å². The van der Waals surface area contributed by atoms with Gasteiger partial charge in [0.2, 0.25) is 10.0 Å². The first kappa shape index (κ1) is 23.5. The van der Waals surface area contributed by atoms with Crippen molar-refractivity contribution in [1.29, 1.82) is 0 Å². The Balaban J connectivity index is 1.65. The number of benzene rings is 2. The fourth-order valence-electron chi connectivity index (χ4n) is 3.21. The van der Waals surface area contributed by atoms with Gasteiger partial charge in [0, 0.05) is 42.3 Å². The third kappa shape index (κ3) is 5.16. The molecule has 0 aliphatic carbocycles. The predicted molar refractivity (Wildman–Crippen MR) is 121 cm³/mol. The molecule has 0 aliphatic rings. The Morgan fingerprint density at radius 1 is 1.06 bits per heavy atom. The van der Waals surface area contributed by atoms with Gasteiger partial charge in [-0.25, -0.2) is 13.1 Å². The number of nitrogens with zero attached hydrogens (tertiary/aromatic N) is 2. The van der Waals surface area contributed by atoms with E-state index in [1.165, 1.54) is 18.2 Å². The Hall–Kier alpha value is -3.21. The van der Waals surface area contributed by atoms with Crippen LogP contribution >= 0.6 is 11.6 Å². The van der Waals surface area contributed by atoms with Crippen molar-refractivity contribution < 1.29 is 18.1 Å². The molecule has 9 nitrogen and oxygen atoms in total.